The fourth-order valence-electron chi connectivity index (χ4n) is 1.94. The Labute approximate surface area is 115 Å². The third-order valence-electron chi connectivity index (χ3n) is 2.99. The van der Waals surface area contributed by atoms with Gasteiger partial charge < -0.3 is 19.9 Å². The van der Waals surface area contributed by atoms with E-state index in [1.54, 1.807) is 18.2 Å². The van der Waals surface area contributed by atoms with E-state index in [9.17, 15) is 0 Å². The Bertz CT molecular complexity index is 581. The molecule has 1 aromatic heterocycles. The molecule has 0 bridgehead atoms. The molecule has 2 N–H and O–H groups in total. The number of benzene rings is 1. The number of nitrogens with zero attached hydrogens (tertiary/aromatic N) is 3. The Morgan fingerprint density at radius 2 is 2.05 bits per heavy atom. The molecular formula is C12H13ClN4O2. The van der Waals surface area contributed by atoms with Gasteiger partial charge in [0.2, 0.25) is 0 Å². The lowest BCUT2D eigenvalue weighted by molar-refractivity contribution is 0.121. The van der Waals surface area contributed by atoms with Crippen LogP contribution in [0.3, 0.4) is 0 Å². The molecule has 0 atom stereocenters. The monoisotopic (exact) mass is 280 g/mol. The van der Waals surface area contributed by atoms with Crippen LogP contribution in [0.1, 0.15) is 0 Å². The minimum Gasteiger partial charge on any atom is -0.397 e. The van der Waals surface area contributed by atoms with Gasteiger partial charge in [0.05, 0.1) is 29.5 Å². The van der Waals surface area contributed by atoms with Crippen molar-refractivity contribution in [3.63, 3.8) is 0 Å². The summed E-state index contributed by atoms with van der Waals surface area (Å²) in [6, 6.07) is 5.32. The van der Waals surface area contributed by atoms with Crippen molar-refractivity contribution in [1.82, 2.24) is 10.1 Å². The van der Waals surface area contributed by atoms with Gasteiger partial charge in [-0.2, -0.15) is 4.98 Å². The van der Waals surface area contributed by atoms with Crippen LogP contribution in [0.25, 0.3) is 11.5 Å². The molecule has 1 aliphatic heterocycles. The zero-order valence-corrected chi connectivity index (χ0v) is 10.9. The van der Waals surface area contributed by atoms with Crippen LogP contribution < -0.4 is 10.6 Å². The van der Waals surface area contributed by atoms with Crippen molar-refractivity contribution in [3.05, 3.63) is 23.2 Å². The number of hydrogen-bond acceptors (Lipinski definition) is 6. The SMILES string of the molecule is Nc1c(Cl)cccc1-c1nc(N2CCOCC2)no1. The summed E-state index contributed by atoms with van der Waals surface area (Å²) >= 11 is 5.98. The van der Waals surface area contributed by atoms with Crippen LogP contribution in [0.5, 0.6) is 0 Å². The fourth-order valence-corrected chi connectivity index (χ4v) is 2.11. The Kier molecular flexibility index (Phi) is 3.27. The third kappa shape index (κ3) is 2.36. The Hall–Kier alpha value is -1.79. The van der Waals surface area contributed by atoms with Crippen LogP contribution in [0.2, 0.25) is 5.02 Å². The van der Waals surface area contributed by atoms with Gasteiger partial charge in [-0.25, -0.2) is 0 Å². The number of halogens is 1. The maximum absolute atomic E-state index is 5.98. The summed E-state index contributed by atoms with van der Waals surface area (Å²) in [5.74, 6) is 0.930. The highest BCUT2D eigenvalue weighted by Gasteiger charge is 2.19. The zero-order valence-electron chi connectivity index (χ0n) is 10.2. The van der Waals surface area contributed by atoms with Crippen molar-refractivity contribution in [3.8, 4) is 11.5 Å². The van der Waals surface area contributed by atoms with E-state index in [0.29, 0.717) is 41.3 Å². The van der Waals surface area contributed by atoms with E-state index in [1.165, 1.54) is 0 Å². The molecule has 1 saturated heterocycles. The molecule has 1 aromatic carbocycles. The van der Waals surface area contributed by atoms with Gasteiger partial charge in [-0.3, -0.25) is 0 Å². The maximum Gasteiger partial charge on any atom is 0.266 e. The summed E-state index contributed by atoms with van der Waals surface area (Å²) in [4.78, 5) is 6.37. The van der Waals surface area contributed by atoms with Crippen molar-refractivity contribution < 1.29 is 9.26 Å². The van der Waals surface area contributed by atoms with Gasteiger partial charge in [-0.05, 0) is 17.3 Å². The molecule has 2 aromatic rings. The predicted molar refractivity (Wildman–Crippen MR) is 72.2 cm³/mol. The normalized spacial score (nSPS) is 15.7. The van der Waals surface area contributed by atoms with E-state index >= 15 is 0 Å². The molecule has 0 unspecified atom stereocenters. The number of morpholine rings is 1. The quantitative estimate of drug-likeness (QED) is 0.846. The van der Waals surface area contributed by atoms with E-state index < -0.39 is 0 Å². The van der Waals surface area contributed by atoms with E-state index in [0.717, 1.165) is 13.1 Å². The molecule has 6 nitrogen and oxygen atoms in total. The van der Waals surface area contributed by atoms with Gasteiger partial charge in [-0.1, -0.05) is 17.7 Å². The van der Waals surface area contributed by atoms with E-state index in [1.807, 2.05) is 4.90 Å². The van der Waals surface area contributed by atoms with Crippen LogP contribution in [0.4, 0.5) is 11.6 Å². The third-order valence-corrected chi connectivity index (χ3v) is 3.32. The lowest BCUT2D eigenvalue weighted by Crippen LogP contribution is -2.36. The highest BCUT2D eigenvalue weighted by Crippen LogP contribution is 2.31. The van der Waals surface area contributed by atoms with Crippen molar-refractivity contribution in [2.75, 3.05) is 36.9 Å². The summed E-state index contributed by atoms with van der Waals surface area (Å²) in [6.07, 6.45) is 0. The average Bonchev–Trinajstić information content (AvgIpc) is 2.92. The van der Waals surface area contributed by atoms with Gasteiger partial charge in [0.25, 0.3) is 11.8 Å². The van der Waals surface area contributed by atoms with Gasteiger partial charge >= 0.3 is 0 Å². The molecule has 0 aliphatic carbocycles. The maximum atomic E-state index is 5.98. The molecular weight excluding hydrogens is 268 g/mol. The van der Waals surface area contributed by atoms with Crippen molar-refractivity contribution in [1.29, 1.82) is 0 Å². The number of ether oxygens (including phenoxy) is 1. The Morgan fingerprint density at radius 1 is 1.26 bits per heavy atom. The molecule has 7 heteroatoms. The minimum absolute atomic E-state index is 0.376. The largest absolute Gasteiger partial charge is 0.397 e. The predicted octanol–water partition coefficient (Wildman–Crippen LogP) is 1.81. The summed E-state index contributed by atoms with van der Waals surface area (Å²) in [7, 11) is 0. The molecule has 0 radical (unpaired) electrons. The first-order valence-corrected chi connectivity index (χ1v) is 6.34. The van der Waals surface area contributed by atoms with Crippen LogP contribution >= 0.6 is 11.6 Å². The van der Waals surface area contributed by atoms with Gasteiger partial charge in [0, 0.05) is 13.1 Å². The summed E-state index contributed by atoms with van der Waals surface area (Å²) in [5.41, 5.74) is 7.01. The minimum atomic E-state index is 0.376. The van der Waals surface area contributed by atoms with Gasteiger partial charge in [0.1, 0.15) is 0 Å². The summed E-state index contributed by atoms with van der Waals surface area (Å²) < 4.78 is 10.5. The van der Waals surface area contributed by atoms with E-state index in [2.05, 4.69) is 10.1 Å². The molecule has 100 valence electrons. The number of rotatable bonds is 2. The highest BCUT2D eigenvalue weighted by molar-refractivity contribution is 6.33. The first-order chi connectivity index (χ1) is 9.25. The first-order valence-electron chi connectivity index (χ1n) is 5.96. The highest BCUT2D eigenvalue weighted by atomic mass is 35.5. The lowest BCUT2D eigenvalue weighted by atomic mass is 10.2. The summed E-state index contributed by atoms with van der Waals surface area (Å²) in [5, 5.41) is 4.45. The second kappa shape index (κ2) is 5.07. The lowest BCUT2D eigenvalue weighted by Gasteiger charge is -2.24. The first kappa shape index (κ1) is 12.3. The number of nitrogen functional groups attached to an aromatic ring is 1. The van der Waals surface area contributed by atoms with Crippen molar-refractivity contribution >= 4 is 23.2 Å². The van der Waals surface area contributed by atoms with Crippen LogP contribution in [-0.4, -0.2) is 36.4 Å². The molecule has 3 rings (SSSR count). The van der Waals surface area contributed by atoms with Crippen LogP contribution in [-0.2, 0) is 4.74 Å². The van der Waals surface area contributed by atoms with Gasteiger partial charge in [-0.15, -0.1) is 0 Å². The van der Waals surface area contributed by atoms with Crippen molar-refractivity contribution in [2.24, 2.45) is 0 Å². The topological polar surface area (TPSA) is 77.4 Å². The molecule has 0 amide bonds. The molecule has 1 aliphatic rings. The van der Waals surface area contributed by atoms with Crippen LogP contribution in [0.15, 0.2) is 22.7 Å². The molecule has 19 heavy (non-hydrogen) atoms. The van der Waals surface area contributed by atoms with Crippen molar-refractivity contribution in [2.45, 2.75) is 0 Å². The zero-order chi connectivity index (χ0) is 13.2. The standard InChI is InChI=1S/C12H13ClN4O2/c13-9-3-1-2-8(10(9)14)11-15-12(16-19-11)17-4-6-18-7-5-17/h1-3H,4-7,14H2. The van der Waals surface area contributed by atoms with Gasteiger partial charge in [0.15, 0.2) is 0 Å². The second-order valence-corrected chi connectivity index (χ2v) is 4.61. The molecule has 0 saturated carbocycles. The Morgan fingerprint density at radius 3 is 2.84 bits per heavy atom. The number of hydrogen-bond donors (Lipinski definition) is 1. The molecule has 1 fully saturated rings. The fraction of sp³-hybridized carbons (Fsp3) is 0.333. The number of nitrogens with two attached hydrogens (primary N) is 1. The average molecular weight is 281 g/mol. The smallest absolute Gasteiger partial charge is 0.266 e. The number of para-hydroxylation sites is 1. The second-order valence-electron chi connectivity index (χ2n) is 4.20. The summed E-state index contributed by atoms with van der Waals surface area (Å²) in [6.45, 7) is 2.85. The van der Waals surface area contributed by atoms with Crippen LogP contribution in [0, 0.1) is 0 Å². The number of anilines is 2. The van der Waals surface area contributed by atoms with E-state index in [4.69, 9.17) is 26.6 Å². The Balaban J connectivity index is 1.90. The molecule has 2 heterocycles. The van der Waals surface area contributed by atoms with E-state index in [-0.39, 0.29) is 0 Å². The molecule has 0 spiro atoms. The number of aromatic nitrogens is 2.